The molecule has 23 heavy (non-hydrogen) atoms. The van der Waals surface area contributed by atoms with Gasteiger partial charge in [0.15, 0.2) is 0 Å². The van der Waals surface area contributed by atoms with E-state index >= 15 is 0 Å². The number of hydrogen-bond acceptors (Lipinski definition) is 4. The summed E-state index contributed by atoms with van der Waals surface area (Å²) in [4.78, 5) is 24.3. The fraction of sp³-hybridized carbons (Fsp3) is 0.267. The van der Waals surface area contributed by atoms with Gasteiger partial charge in [-0.2, -0.15) is 5.10 Å². The summed E-state index contributed by atoms with van der Waals surface area (Å²) < 4.78 is 4.37. The van der Waals surface area contributed by atoms with E-state index in [1.54, 1.807) is 25.3 Å². The van der Waals surface area contributed by atoms with Gasteiger partial charge in [0.25, 0.3) is 11.8 Å². The molecule has 0 saturated carbocycles. The maximum Gasteiger partial charge on any atom is 0.272 e. The van der Waals surface area contributed by atoms with E-state index < -0.39 is 5.91 Å². The first-order valence-corrected chi connectivity index (χ1v) is 8.03. The number of carbonyl (C=O) groups excluding carboxylic acids is 2. The Bertz CT molecular complexity index is 918. The fourth-order valence-corrected chi connectivity index (χ4v) is 3.60. The van der Waals surface area contributed by atoms with Gasteiger partial charge >= 0.3 is 0 Å². The molecule has 0 aliphatic heterocycles. The number of rotatable bonds is 4. The van der Waals surface area contributed by atoms with Gasteiger partial charge in [-0.25, -0.2) is 0 Å². The van der Waals surface area contributed by atoms with Gasteiger partial charge in [0.2, 0.25) is 0 Å². The van der Waals surface area contributed by atoms with Crippen LogP contribution in [0.5, 0.6) is 0 Å². The predicted molar refractivity (Wildman–Crippen MR) is 89.9 cm³/mol. The van der Waals surface area contributed by atoms with Gasteiger partial charge in [-0.3, -0.25) is 14.3 Å². The van der Waals surface area contributed by atoms with Crippen LogP contribution in [0.15, 0.2) is 17.5 Å². The minimum absolute atomic E-state index is 0.187. The molecule has 0 aliphatic rings. The Morgan fingerprint density at radius 2 is 2.17 bits per heavy atom. The minimum Gasteiger partial charge on any atom is -0.364 e. The number of nitrogens with one attached hydrogen (secondary N) is 1. The molecule has 0 saturated heterocycles. The number of nitrogens with two attached hydrogens (primary N) is 1. The minimum atomic E-state index is -0.629. The number of carbonyl (C=O) groups is 2. The standard InChI is InChI=1S/C15H17N5O2S/c1-4-20-9-5-6-23-11(9)7-10(20)15(22)17-12-8(2)18-19(3)13(12)14(16)21/h5-7H,4H2,1-3H3,(H2,16,21)(H,17,22). The molecule has 0 aromatic carbocycles. The number of fused-ring (bicyclic) bond motifs is 1. The molecule has 3 N–H and O–H groups in total. The zero-order valence-corrected chi connectivity index (χ0v) is 13.9. The molecule has 0 fully saturated rings. The van der Waals surface area contributed by atoms with E-state index in [9.17, 15) is 9.59 Å². The Morgan fingerprint density at radius 1 is 1.43 bits per heavy atom. The molecule has 0 spiro atoms. The summed E-state index contributed by atoms with van der Waals surface area (Å²) >= 11 is 1.59. The number of hydrogen-bond donors (Lipinski definition) is 2. The lowest BCUT2D eigenvalue weighted by Gasteiger charge is -2.09. The van der Waals surface area contributed by atoms with Crippen LogP contribution in [0.1, 0.15) is 33.6 Å². The number of aromatic nitrogens is 3. The first-order valence-electron chi connectivity index (χ1n) is 7.15. The lowest BCUT2D eigenvalue weighted by atomic mass is 10.2. The fourth-order valence-electron chi connectivity index (χ4n) is 2.77. The maximum absolute atomic E-state index is 12.7. The van der Waals surface area contributed by atoms with Crippen molar-refractivity contribution in [1.82, 2.24) is 14.3 Å². The van der Waals surface area contributed by atoms with Gasteiger partial charge in [-0.15, -0.1) is 11.3 Å². The van der Waals surface area contributed by atoms with Crippen molar-refractivity contribution in [2.45, 2.75) is 20.4 Å². The maximum atomic E-state index is 12.7. The van der Waals surface area contributed by atoms with Crippen LogP contribution in [-0.2, 0) is 13.6 Å². The molecular formula is C15H17N5O2S. The Balaban J connectivity index is 2.01. The molecule has 0 unspecified atom stereocenters. The molecule has 3 aromatic heterocycles. The van der Waals surface area contributed by atoms with E-state index in [2.05, 4.69) is 10.4 Å². The van der Waals surface area contributed by atoms with Crippen LogP contribution in [0.25, 0.3) is 10.2 Å². The number of amides is 2. The molecule has 0 aliphatic carbocycles. The molecule has 2 amide bonds. The average molecular weight is 331 g/mol. The van der Waals surface area contributed by atoms with Crippen molar-refractivity contribution in [2.24, 2.45) is 12.8 Å². The van der Waals surface area contributed by atoms with Gasteiger partial charge in [-0.1, -0.05) is 0 Å². The van der Waals surface area contributed by atoms with Crippen LogP contribution in [0.2, 0.25) is 0 Å². The van der Waals surface area contributed by atoms with Gasteiger partial charge in [0.1, 0.15) is 11.4 Å². The third-order valence-electron chi connectivity index (χ3n) is 3.77. The highest BCUT2D eigenvalue weighted by molar-refractivity contribution is 7.17. The molecule has 3 heterocycles. The molecule has 0 atom stereocenters. The van der Waals surface area contributed by atoms with Crippen LogP contribution >= 0.6 is 11.3 Å². The third-order valence-corrected chi connectivity index (χ3v) is 4.62. The lowest BCUT2D eigenvalue weighted by Crippen LogP contribution is -2.21. The normalized spacial score (nSPS) is 11.1. The highest BCUT2D eigenvalue weighted by Crippen LogP contribution is 2.27. The largest absolute Gasteiger partial charge is 0.364 e. The summed E-state index contributed by atoms with van der Waals surface area (Å²) in [6.45, 7) is 4.38. The molecule has 3 rings (SSSR count). The summed E-state index contributed by atoms with van der Waals surface area (Å²) in [5, 5.41) is 8.93. The van der Waals surface area contributed by atoms with Crippen LogP contribution < -0.4 is 11.1 Å². The molecular weight excluding hydrogens is 314 g/mol. The summed E-state index contributed by atoms with van der Waals surface area (Å²) in [7, 11) is 1.62. The number of aryl methyl sites for hydroxylation is 3. The van der Waals surface area contributed by atoms with E-state index in [0.717, 1.165) is 10.2 Å². The summed E-state index contributed by atoms with van der Waals surface area (Å²) in [6.07, 6.45) is 0. The first kappa shape index (κ1) is 15.3. The van der Waals surface area contributed by atoms with E-state index in [-0.39, 0.29) is 11.6 Å². The molecule has 8 heteroatoms. The van der Waals surface area contributed by atoms with Gasteiger partial charge in [-0.05, 0) is 31.4 Å². The molecule has 120 valence electrons. The van der Waals surface area contributed by atoms with E-state index in [1.165, 1.54) is 4.68 Å². The zero-order chi connectivity index (χ0) is 16.7. The van der Waals surface area contributed by atoms with Crippen molar-refractivity contribution < 1.29 is 9.59 Å². The molecule has 0 radical (unpaired) electrons. The van der Waals surface area contributed by atoms with E-state index in [0.29, 0.717) is 23.6 Å². The van der Waals surface area contributed by atoms with Gasteiger partial charge in [0, 0.05) is 13.6 Å². The average Bonchev–Trinajstić information content (AvgIpc) is 3.11. The Morgan fingerprint density at radius 3 is 2.83 bits per heavy atom. The predicted octanol–water partition coefficient (Wildman–Crippen LogP) is 2.12. The highest BCUT2D eigenvalue weighted by atomic mass is 32.1. The van der Waals surface area contributed by atoms with Gasteiger partial charge < -0.3 is 15.6 Å². The second-order valence-electron chi connectivity index (χ2n) is 5.19. The van der Waals surface area contributed by atoms with Crippen LogP contribution in [0.4, 0.5) is 5.69 Å². The monoisotopic (exact) mass is 331 g/mol. The second kappa shape index (κ2) is 5.54. The van der Waals surface area contributed by atoms with Crippen molar-refractivity contribution in [3.8, 4) is 0 Å². The SMILES string of the molecule is CCn1c(C(=O)Nc2c(C)nn(C)c2C(N)=O)cc2sccc21. The number of nitrogens with zero attached hydrogens (tertiary/aromatic N) is 3. The van der Waals surface area contributed by atoms with Crippen molar-refractivity contribution in [3.63, 3.8) is 0 Å². The smallest absolute Gasteiger partial charge is 0.272 e. The Labute approximate surface area is 136 Å². The quantitative estimate of drug-likeness (QED) is 0.766. The summed E-state index contributed by atoms with van der Waals surface area (Å²) in [5.74, 6) is -0.913. The van der Waals surface area contributed by atoms with Crippen molar-refractivity contribution in [2.75, 3.05) is 5.32 Å². The Kier molecular flexibility index (Phi) is 3.69. The molecule has 0 bridgehead atoms. The Hall–Kier alpha value is -2.61. The van der Waals surface area contributed by atoms with E-state index in [4.69, 9.17) is 5.73 Å². The third kappa shape index (κ3) is 2.40. The van der Waals surface area contributed by atoms with Gasteiger partial charge in [0.05, 0.1) is 21.6 Å². The van der Waals surface area contributed by atoms with Crippen LogP contribution in [-0.4, -0.2) is 26.2 Å². The zero-order valence-electron chi connectivity index (χ0n) is 13.1. The first-order chi connectivity index (χ1) is 10.9. The summed E-state index contributed by atoms with van der Waals surface area (Å²) in [5.41, 5.74) is 8.06. The number of primary amides is 1. The number of anilines is 1. The second-order valence-corrected chi connectivity index (χ2v) is 6.14. The summed E-state index contributed by atoms with van der Waals surface area (Å²) in [6, 6.07) is 3.85. The van der Waals surface area contributed by atoms with E-state index in [1.807, 2.05) is 29.0 Å². The van der Waals surface area contributed by atoms with Crippen molar-refractivity contribution in [1.29, 1.82) is 0 Å². The van der Waals surface area contributed by atoms with Crippen LogP contribution in [0.3, 0.4) is 0 Å². The lowest BCUT2D eigenvalue weighted by molar-refractivity contribution is 0.0992. The topological polar surface area (TPSA) is 94.9 Å². The highest BCUT2D eigenvalue weighted by Gasteiger charge is 2.22. The van der Waals surface area contributed by atoms with Crippen molar-refractivity contribution >= 4 is 39.1 Å². The van der Waals surface area contributed by atoms with Crippen molar-refractivity contribution in [3.05, 3.63) is 34.6 Å². The molecule has 7 nitrogen and oxygen atoms in total. The molecule has 3 aromatic rings. The number of thiophene rings is 1. The van der Waals surface area contributed by atoms with Crippen LogP contribution in [0, 0.1) is 6.92 Å².